The number of hydrogen-bond acceptors (Lipinski definition) is 3. The summed E-state index contributed by atoms with van der Waals surface area (Å²) in [6.07, 6.45) is 4.16. The van der Waals surface area contributed by atoms with Gasteiger partial charge in [0.2, 0.25) is 0 Å². The number of anilines is 1. The maximum atomic E-state index is 13.3. The molecule has 1 N–H and O–H groups in total. The van der Waals surface area contributed by atoms with E-state index in [9.17, 15) is 14.0 Å². The van der Waals surface area contributed by atoms with E-state index in [-0.39, 0.29) is 16.5 Å². The Bertz CT molecular complexity index is 1160. The third-order valence-corrected chi connectivity index (χ3v) is 5.17. The summed E-state index contributed by atoms with van der Waals surface area (Å²) < 4.78 is 15.0. The molecular weight excluding hydrogens is 401 g/mol. The van der Waals surface area contributed by atoms with Crippen LogP contribution in [0.1, 0.15) is 18.2 Å². The second kappa shape index (κ2) is 8.04. The number of nitrogens with one attached hydrogen (secondary N) is 1. The van der Waals surface area contributed by atoms with Gasteiger partial charge in [0.1, 0.15) is 11.4 Å². The van der Waals surface area contributed by atoms with Crippen molar-refractivity contribution in [3.8, 4) is 5.69 Å². The van der Waals surface area contributed by atoms with Crippen LogP contribution >= 0.6 is 12.2 Å². The molecule has 0 bridgehead atoms. The lowest BCUT2D eigenvalue weighted by atomic mass is 10.1. The average Bonchev–Trinajstić information content (AvgIpc) is 3.20. The maximum absolute atomic E-state index is 13.3. The summed E-state index contributed by atoms with van der Waals surface area (Å²) in [5, 5.41) is 2.63. The minimum absolute atomic E-state index is 0.0368. The highest BCUT2D eigenvalue weighted by molar-refractivity contribution is 7.80. The topological polar surface area (TPSA) is 54.3 Å². The molecule has 5 nitrogen and oxygen atoms in total. The average molecular weight is 419 g/mol. The summed E-state index contributed by atoms with van der Waals surface area (Å²) in [5.74, 6) is -1.40. The van der Waals surface area contributed by atoms with Crippen LogP contribution in [0.15, 0.2) is 72.4 Å². The highest BCUT2D eigenvalue weighted by atomic mass is 32.1. The summed E-state index contributed by atoms with van der Waals surface area (Å²) in [6, 6.07) is 17.0. The molecule has 2 amide bonds. The molecule has 3 aromatic rings. The molecule has 1 aliphatic rings. The zero-order valence-electron chi connectivity index (χ0n) is 16.1. The van der Waals surface area contributed by atoms with Crippen LogP contribution in [-0.4, -0.2) is 21.5 Å². The van der Waals surface area contributed by atoms with Crippen LogP contribution in [0.25, 0.3) is 11.8 Å². The molecule has 2 heterocycles. The van der Waals surface area contributed by atoms with Gasteiger partial charge in [0.25, 0.3) is 11.8 Å². The van der Waals surface area contributed by atoms with E-state index < -0.39 is 11.8 Å². The van der Waals surface area contributed by atoms with Gasteiger partial charge in [0.05, 0.1) is 5.69 Å². The summed E-state index contributed by atoms with van der Waals surface area (Å²) >= 11 is 5.25. The van der Waals surface area contributed by atoms with Crippen molar-refractivity contribution in [2.75, 3.05) is 4.90 Å². The standard InChI is InChI=1S/C23H18FN3O2S/c1-2-15-5-9-18(10-6-15)27-22(29)20(21(28)25-23(27)30)14-19-4-3-13-26(19)17-11-7-16(24)8-12-17/h3-14H,2H2,1H3,(H,25,28,30)/b20-14+. The third kappa shape index (κ3) is 3.67. The predicted molar refractivity (Wildman–Crippen MR) is 118 cm³/mol. The molecule has 1 fully saturated rings. The predicted octanol–water partition coefficient (Wildman–Crippen LogP) is 4.01. The number of carbonyl (C=O) groups is 2. The molecule has 7 heteroatoms. The molecule has 0 atom stereocenters. The summed E-state index contributed by atoms with van der Waals surface area (Å²) in [6.45, 7) is 2.04. The van der Waals surface area contributed by atoms with E-state index in [0.29, 0.717) is 17.1 Å². The molecule has 2 aromatic carbocycles. The number of rotatable bonds is 4. The first-order chi connectivity index (χ1) is 14.5. The number of aryl methyl sites for hydroxylation is 1. The van der Waals surface area contributed by atoms with Crippen molar-refractivity contribution in [3.05, 3.63) is 89.5 Å². The SMILES string of the molecule is CCc1ccc(N2C(=O)/C(=C/c3cccn3-c3ccc(F)cc3)C(=O)NC2=S)cc1. The molecule has 0 spiro atoms. The van der Waals surface area contributed by atoms with Crippen LogP contribution < -0.4 is 10.2 Å². The monoisotopic (exact) mass is 419 g/mol. The van der Waals surface area contributed by atoms with Gasteiger partial charge in [-0.3, -0.25) is 19.8 Å². The van der Waals surface area contributed by atoms with Crippen LogP contribution in [0.4, 0.5) is 10.1 Å². The van der Waals surface area contributed by atoms with E-state index in [0.717, 1.165) is 12.0 Å². The van der Waals surface area contributed by atoms with Crippen molar-refractivity contribution in [1.82, 2.24) is 9.88 Å². The molecule has 150 valence electrons. The fourth-order valence-corrected chi connectivity index (χ4v) is 3.55. The number of carbonyl (C=O) groups excluding carboxylic acids is 2. The maximum Gasteiger partial charge on any atom is 0.270 e. The number of nitrogens with zero attached hydrogens (tertiary/aromatic N) is 2. The molecule has 0 radical (unpaired) electrons. The zero-order valence-corrected chi connectivity index (χ0v) is 16.9. The molecule has 1 aliphatic heterocycles. The summed E-state index contributed by atoms with van der Waals surface area (Å²) in [5.41, 5.74) is 2.99. The Hall–Kier alpha value is -3.58. The molecule has 30 heavy (non-hydrogen) atoms. The Morgan fingerprint density at radius 2 is 1.67 bits per heavy atom. The minimum atomic E-state index is -0.557. The van der Waals surface area contributed by atoms with E-state index in [1.807, 2.05) is 19.1 Å². The lowest BCUT2D eigenvalue weighted by Gasteiger charge is -2.29. The molecule has 1 saturated heterocycles. The first-order valence-electron chi connectivity index (χ1n) is 9.41. The van der Waals surface area contributed by atoms with Crippen LogP contribution in [0.5, 0.6) is 0 Å². The van der Waals surface area contributed by atoms with Crippen LogP contribution in [-0.2, 0) is 16.0 Å². The molecule has 0 saturated carbocycles. The van der Waals surface area contributed by atoms with Gasteiger partial charge in [-0.2, -0.15) is 0 Å². The van der Waals surface area contributed by atoms with Gasteiger partial charge in [0.15, 0.2) is 5.11 Å². The molecule has 1 aromatic heterocycles. The van der Waals surface area contributed by atoms with Gasteiger partial charge < -0.3 is 4.57 Å². The number of benzene rings is 2. The van der Waals surface area contributed by atoms with Crippen molar-refractivity contribution >= 4 is 40.9 Å². The van der Waals surface area contributed by atoms with E-state index in [4.69, 9.17) is 12.2 Å². The first kappa shape index (κ1) is 19.7. The van der Waals surface area contributed by atoms with Crippen LogP contribution in [0.3, 0.4) is 0 Å². The summed E-state index contributed by atoms with van der Waals surface area (Å²) in [4.78, 5) is 27.0. The van der Waals surface area contributed by atoms with E-state index in [2.05, 4.69) is 5.32 Å². The normalized spacial score (nSPS) is 15.6. The molecule has 0 unspecified atom stereocenters. The van der Waals surface area contributed by atoms with Crippen molar-refractivity contribution in [2.24, 2.45) is 0 Å². The number of hydrogen-bond donors (Lipinski definition) is 1. The highest BCUT2D eigenvalue weighted by Crippen LogP contribution is 2.24. The van der Waals surface area contributed by atoms with E-state index in [1.165, 1.54) is 23.1 Å². The van der Waals surface area contributed by atoms with Gasteiger partial charge in [-0.25, -0.2) is 4.39 Å². The smallest absolute Gasteiger partial charge is 0.270 e. The first-order valence-corrected chi connectivity index (χ1v) is 9.82. The van der Waals surface area contributed by atoms with Crippen molar-refractivity contribution in [3.63, 3.8) is 0 Å². The quantitative estimate of drug-likeness (QED) is 0.395. The molecular formula is C23H18FN3O2S. The summed E-state index contributed by atoms with van der Waals surface area (Å²) in [7, 11) is 0. The molecule has 0 aliphatic carbocycles. The lowest BCUT2D eigenvalue weighted by Crippen LogP contribution is -2.54. The van der Waals surface area contributed by atoms with Crippen LogP contribution in [0, 0.1) is 5.82 Å². The second-order valence-electron chi connectivity index (χ2n) is 6.76. The fraction of sp³-hybridized carbons (Fsp3) is 0.0870. The Labute approximate surface area is 178 Å². The Balaban J connectivity index is 1.71. The van der Waals surface area contributed by atoms with Gasteiger partial charge >= 0.3 is 0 Å². The van der Waals surface area contributed by atoms with Gasteiger partial charge in [0, 0.05) is 17.6 Å². The van der Waals surface area contributed by atoms with Crippen molar-refractivity contribution < 1.29 is 14.0 Å². The Kier molecular flexibility index (Phi) is 5.29. The fourth-order valence-electron chi connectivity index (χ4n) is 3.27. The van der Waals surface area contributed by atoms with Crippen LogP contribution in [0.2, 0.25) is 0 Å². The zero-order chi connectivity index (χ0) is 21.3. The third-order valence-electron chi connectivity index (χ3n) is 4.88. The minimum Gasteiger partial charge on any atom is -0.317 e. The number of halogens is 1. The van der Waals surface area contributed by atoms with Crippen molar-refractivity contribution in [2.45, 2.75) is 13.3 Å². The van der Waals surface area contributed by atoms with E-state index in [1.54, 1.807) is 47.2 Å². The Morgan fingerprint density at radius 3 is 2.33 bits per heavy atom. The number of aromatic nitrogens is 1. The Morgan fingerprint density at radius 1 is 1.00 bits per heavy atom. The highest BCUT2D eigenvalue weighted by Gasteiger charge is 2.34. The van der Waals surface area contributed by atoms with E-state index >= 15 is 0 Å². The van der Waals surface area contributed by atoms with Gasteiger partial charge in [-0.15, -0.1) is 0 Å². The number of amides is 2. The second-order valence-corrected chi connectivity index (χ2v) is 7.14. The lowest BCUT2D eigenvalue weighted by molar-refractivity contribution is -0.122. The van der Waals surface area contributed by atoms with Crippen molar-refractivity contribution in [1.29, 1.82) is 0 Å². The molecule has 4 rings (SSSR count). The number of thiocarbonyl (C=S) groups is 1. The largest absolute Gasteiger partial charge is 0.317 e. The van der Waals surface area contributed by atoms with Gasteiger partial charge in [-0.05, 0) is 78.8 Å². The van der Waals surface area contributed by atoms with Gasteiger partial charge in [-0.1, -0.05) is 19.1 Å².